The van der Waals surface area contributed by atoms with E-state index in [2.05, 4.69) is 10.0 Å². The molecule has 1 fully saturated rings. The molecule has 1 aliphatic rings. The summed E-state index contributed by atoms with van der Waals surface area (Å²) in [7, 11) is -2.07. The highest BCUT2D eigenvalue weighted by Crippen LogP contribution is 2.21. The normalized spacial score (nSPS) is 15.2. The second-order valence-electron chi connectivity index (χ2n) is 6.74. The molecule has 1 aromatic carbocycles. The average Bonchev–Trinajstić information content (AvgIpc) is 2.67. The van der Waals surface area contributed by atoms with Crippen molar-refractivity contribution in [2.45, 2.75) is 55.9 Å². The third kappa shape index (κ3) is 7.57. The van der Waals surface area contributed by atoms with Gasteiger partial charge in [0.05, 0.1) is 17.9 Å². The lowest BCUT2D eigenvalue weighted by molar-refractivity contribution is -0.145. The van der Waals surface area contributed by atoms with E-state index in [4.69, 9.17) is 9.47 Å². The molecule has 156 valence electrons. The summed E-state index contributed by atoms with van der Waals surface area (Å²) in [6, 6.07) is 5.97. The van der Waals surface area contributed by atoms with Crippen molar-refractivity contribution in [2.75, 3.05) is 25.6 Å². The number of hydrogen-bond acceptors (Lipinski definition) is 6. The molecule has 28 heavy (non-hydrogen) atoms. The molecule has 8 nitrogen and oxygen atoms in total. The topological polar surface area (TPSA) is 111 Å². The van der Waals surface area contributed by atoms with Crippen LogP contribution in [0, 0.1) is 0 Å². The minimum absolute atomic E-state index is 0.0122. The number of rotatable bonds is 10. The Kier molecular flexibility index (Phi) is 8.88. The number of esters is 1. The molecule has 0 aliphatic heterocycles. The molecular formula is C19H28N2O6S. The van der Waals surface area contributed by atoms with Crippen molar-refractivity contribution in [1.29, 1.82) is 0 Å². The second kappa shape index (κ2) is 11.1. The number of ether oxygens (including phenoxy) is 2. The van der Waals surface area contributed by atoms with E-state index in [1.165, 1.54) is 31.4 Å². The zero-order chi connectivity index (χ0) is 20.4. The first kappa shape index (κ1) is 22.3. The van der Waals surface area contributed by atoms with Crippen LogP contribution >= 0.6 is 0 Å². The minimum atomic E-state index is -3.57. The summed E-state index contributed by atoms with van der Waals surface area (Å²) in [5, 5.41) is 2.64. The molecule has 2 N–H and O–H groups in total. The summed E-state index contributed by atoms with van der Waals surface area (Å²) in [5.74, 6) is -0.818. The van der Waals surface area contributed by atoms with Gasteiger partial charge in [-0.15, -0.1) is 0 Å². The lowest BCUT2D eigenvalue weighted by Gasteiger charge is -2.22. The number of methoxy groups -OCH3 is 1. The van der Waals surface area contributed by atoms with E-state index < -0.39 is 16.0 Å². The van der Waals surface area contributed by atoms with E-state index in [9.17, 15) is 18.0 Å². The van der Waals surface area contributed by atoms with Gasteiger partial charge in [0.15, 0.2) is 0 Å². The van der Waals surface area contributed by atoms with Crippen LogP contribution in [0.15, 0.2) is 29.2 Å². The van der Waals surface area contributed by atoms with Gasteiger partial charge in [-0.3, -0.25) is 9.59 Å². The van der Waals surface area contributed by atoms with E-state index in [1.807, 2.05) is 0 Å². The molecule has 1 saturated carbocycles. The summed E-state index contributed by atoms with van der Waals surface area (Å²) >= 11 is 0. The van der Waals surface area contributed by atoms with Crippen molar-refractivity contribution >= 4 is 27.6 Å². The monoisotopic (exact) mass is 412 g/mol. The van der Waals surface area contributed by atoms with Gasteiger partial charge in [-0.05, 0) is 37.1 Å². The summed E-state index contributed by atoms with van der Waals surface area (Å²) in [5.41, 5.74) is 0.467. The SMILES string of the molecule is COCCOC(=O)CCC(=O)Nc1ccc(S(=O)(=O)NC2CCCCC2)cc1. The number of carbonyl (C=O) groups excluding carboxylic acids is 2. The molecule has 9 heteroatoms. The van der Waals surface area contributed by atoms with E-state index >= 15 is 0 Å². The fraction of sp³-hybridized carbons (Fsp3) is 0.579. The molecule has 0 aromatic heterocycles. The first-order valence-electron chi connectivity index (χ1n) is 9.47. The average molecular weight is 413 g/mol. The van der Waals surface area contributed by atoms with E-state index in [0.29, 0.717) is 12.3 Å². The van der Waals surface area contributed by atoms with Crippen molar-refractivity contribution < 1.29 is 27.5 Å². The maximum absolute atomic E-state index is 12.5. The van der Waals surface area contributed by atoms with Gasteiger partial charge in [-0.2, -0.15) is 0 Å². The van der Waals surface area contributed by atoms with Crippen molar-refractivity contribution in [3.8, 4) is 0 Å². The first-order valence-corrected chi connectivity index (χ1v) is 11.0. The largest absolute Gasteiger partial charge is 0.463 e. The number of hydrogen-bond donors (Lipinski definition) is 2. The van der Waals surface area contributed by atoms with Crippen molar-refractivity contribution in [1.82, 2.24) is 4.72 Å². The minimum Gasteiger partial charge on any atom is -0.463 e. The Morgan fingerprint density at radius 1 is 1.04 bits per heavy atom. The smallest absolute Gasteiger partial charge is 0.306 e. The lowest BCUT2D eigenvalue weighted by atomic mass is 9.96. The highest BCUT2D eigenvalue weighted by atomic mass is 32.2. The van der Waals surface area contributed by atoms with Gasteiger partial charge in [0.1, 0.15) is 6.61 Å². The third-order valence-corrected chi connectivity index (χ3v) is 6.02. The lowest BCUT2D eigenvalue weighted by Crippen LogP contribution is -2.36. The maximum Gasteiger partial charge on any atom is 0.306 e. The summed E-state index contributed by atoms with van der Waals surface area (Å²) in [6.45, 7) is 0.463. The zero-order valence-corrected chi connectivity index (χ0v) is 16.9. The van der Waals surface area contributed by atoms with Gasteiger partial charge in [-0.25, -0.2) is 13.1 Å². The number of benzene rings is 1. The Labute approximate surface area is 166 Å². The quantitative estimate of drug-likeness (QED) is 0.450. The van der Waals surface area contributed by atoms with Gasteiger partial charge in [-0.1, -0.05) is 19.3 Å². The first-order chi connectivity index (χ1) is 13.4. The molecule has 0 spiro atoms. The van der Waals surface area contributed by atoms with Gasteiger partial charge in [0.25, 0.3) is 0 Å². The summed E-state index contributed by atoms with van der Waals surface area (Å²) < 4.78 is 37.3. The van der Waals surface area contributed by atoms with Crippen molar-refractivity contribution in [3.63, 3.8) is 0 Å². The van der Waals surface area contributed by atoms with Gasteiger partial charge >= 0.3 is 5.97 Å². The van der Waals surface area contributed by atoms with Crippen LogP contribution in [0.2, 0.25) is 0 Å². The predicted octanol–water partition coefficient (Wildman–Crippen LogP) is 2.21. The molecular weight excluding hydrogens is 384 g/mol. The standard InChI is InChI=1S/C19H28N2O6S/c1-26-13-14-27-19(23)12-11-18(22)20-15-7-9-17(10-8-15)28(24,25)21-16-5-3-2-4-6-16/h7-10,16,21H,2-6,11-14H2,1H3,(H,20,22). The Hall–Kier alpha value is -1.97. The van der Waals surface area contributed by atoms with Crippen molar-refractivity contribution in [3.05, 3.63) is 24.3 Å². The number of amides is 1. The summed E-state index contributed by atoms with van der Waals surface area (Å²) in [4.78, 5) is 23.5. The Morgan fingerprint density at radius 2 is 1.71 bits per heavy atom. The zero-order valence-electron chi connectivity index (χ0n) is 16.1. The van der Waals surface area contributed by atoms with Crippen LogP contribution in [0.5, 0.6) is 0 Å². The molecule has 1 amide bonds. The number of carbonyl (C=O) groups is 2. The van der Waals surface area contributed by atoms with Crippen LogP contribution in [0.4, 0.5) is 5.69 Å². The Balaban J connectivity index is 1.81. The molecule has 0 bridgehead atoms. The van der Waals surface area contributed by atoms with Gasteiger partial charge in [0, 0.05) is 25.3 Å². The van der Waals surface area contributed by atoms with Crippen LogP contribution in [0.25, 0.3) is 0 Å². The summed E-state index contributed by atoms with van der Waals surface area (Å²) in [6.07, 6.45) is 4.90. The molecule has 0 saturated heterocycles. The molecule has 1 aromatic rings. The Bertz CT molecular complexity index is 742. The van der Waals surface area contributed by atoms with Gasteiger partial charge in [0.2, 0.25) is 15.9 Å². The number of sulfonamides is 1. The molecule has 1 aliphatic carbocycles. The Morgan fingerprint density at radius 3 is 2.36 bits per heavy atom. The highest BCUT2D eigenvalue weighted by Gasteiger charge is 2.21. The molecule has 0 radical (unpaired) electrons. The van der Waals surface area contributed by atoms with Crippen LogP contribution in [0.3, 0.4) is 0 Å². The van der Waals surface area contributed by atoms with Crippen LogP contribution < -0.4 is 10.0 Å². The maximum atomic E-state index is 12.5. The van der Waals surface area contributed by atoms with E-state index in [1.54, 1.807) is 0 Å². The van der Waals surface area contributed by atoms with E-state index in [0.717, 1.165) is 32.1 Å². The highest BCUT2D eigenvalue weighted by molar-refractivity contribution is 7.89. The van der Waals surface area contributed by atoms with Gasteiger partial charge < -0.3 is 14.8 Å². The molecule has 2 rings (SSSR count). The predicted molar refractivity (Wildman–Crippen MR) is 104 cm³/mol. The number of anilines is 1. The molecule has 0 unspecified atom stereocenters. The van der Waals surface area contributed by atoms with Crippen LogP contribution in [-0.4, -0.2) is 46.7 Å². The van der Waals surface area contributed by atoms with Crippen LogP contribution in [0.1, 0.15) is 44.9 Å². The fourth-order valence-electron chi connectivity index (χ4n) is 2.98. The van der Waals surface area contributed by atoms with Crippen molar-refractivity contribution in [2.24, 2.45) is 0 Å². The van der Waals surface area contributed by atoms with E-state index in [-0.39, 0.29) is 36.3 Å². The van der Waals surface area contributed by atoms with Crippen LogP contribution in [-0.2, 0) is 29.1 Å². The second-order valence-corrected chi connectivity index (χ2v) is 8.46. The number of nitrogens with one attached hydrogen (secondary N) is 2. The molecule has 0 atom stereocenters. The third-order valence-electron chi connectivity index (χ3n) is 4.48. The fourth-order valence-corrected chi connectivity index (χ4v) is 4.28. The molecule has 0 heterocycles.